The number of hydrazine groups is 1. The van der Waals surface area contributed by atoms with Crippen LogP contribution in [0.15, 0.2) is 48.5 Å². The molecule has 0 aliphatic carbocycles. The first-order valence-electron chi connectivity index (χ1n) is 8.55. The van der Waals surface area contributed by atoms with Crippen molar-refractivity contribution in [2.75, 3.05) is 5.32 Å². The summed E-state index contributed by atoms with van der Waals surface area (Å²) in [5.41, 5.74) is 3.67. The van der Waals surface area contributed by atoms with Crippen molar-refractivity contribution in [2.45, 2.75) is 20.3 Å². The maximum absolute atomic E-state index is 12.4. The molecule has 0 fully saturated rings. The molecule has 0 unspecified atom stereocenters. The zero-order valence-corrected chi connectivity index (χ0v) is 15.0. The van der Waals surface area contributed by atoms with Crippen molar-refractivity contribution >= 4 is 29.3 Å². The van der Waals surface area contributed by atoms with E-state index in [-0.39, 0.29) is 28.5 Å². The SMILES string of the molecule is CC(C)CC(=O)Nc1ccc(C(=O)NN2C(=O)c3ccccc3C2=O)cc1. The van der Waals surface area contributed by atoms with Crippen LogP contribution in [0.5, 0.6) is 0 Å². The van der Waals surface area contributed by atoms with E-state index in [0.717, 1.165) is 0 Å². The molecule has 2 N–H and O–H groups in total. The Kier molecular flexibility index (Phi) is 5.03. The Hall–Kier alpha value is -3.48. The molecule has 0 atom stereocenters. The first kappa shape index (κ1) is 18.3. The van der Waals surface area contributed by atoms with Crippen LogP contribution in [0, 0.1) is 5.92 Å². The fourth-order valence-electron chi connectivity index (χ4n) is 2.74. The summed E-state index contributed by atoms with van der Waals surface area (Å²) in [6.45, 7) is 3.90. The molecule has 1 aliphatic rings. The number of nitrogens with zero attached hydrogens (tertiary/aromatic N) is 1. The van der Waals surface area contributed by atoms with Crippen molar-refractivity contribution in [1.29, 1.82) is 0 Å². The summed E-state index contributed by atoms with van der Waals surface area (Å²) < 4.78 is 0. The Balaban J connectivity index is 1.66. The molecule has 1 heterocycles. The third kappa shape index (κ3) is 3.87. The third-order valence-electron chi connectivity index (χ3n) is 4.03. The number of rotatable bonds is 5. The molecule has 7 nitrogen and oxygen atoms in total. The highest BCUT2D eigenvalue weighted by molar-refractivity contribution is 6.22. The topological polar surface area (TPSA) is 95.6 Å². The Bertz CT molecular complexity index is 884. The van der Waals surface area contributed by atoms with E-state index in [4.69, 9.17) is 0 Å². The minimum absolute atomic E-state index is 0.103. The molecule has 27 heavy (non-hydrogen) atoms. The van der Waals surface area contributed by atoms with Crippen LogP contribution in [0.25, 0.3) is 0 Å². The van der Waals surface area contributed by atoms with E-state index in [9.17, 15) is 19.2 Å². The lowest BCUT2D eigenvalue weighted by Gasteiger charge is -2.15. The van der Waals surface area contributed by atoms with Crippen molar-refractivity contribution < 1.29 is 19.2 Å². The van der Waals surface area contributed by atoms with Gasteiger partial charge in [-0.3, -0.25) is 24.6 Å². The van der Waals surface area contributed by atoms with Crippen LogP contribution >= 0.6 is 0 Å². The normalized spacial score (nSPS) is 12.9. The minimum atomic E-state index is -0.593. The number of amides is 4. The van der Waals surface area contributed by atoms with Gasteiger partial charge in [0.2, 0.25) is 5.91 Å². The molecule has 3 rings (SSSR count). The Morgan fingerprint density at radius 3 is 2.00 bits per heavy atom. The monoisotopic (exact) mass is 365 g/mol. The maximum atomic E-state index is 12.4. The summed E-state index contributed by atoms with van der Waals surface area (Å²) in [6, 6.07) is 12.6. The van der Waals surface area contributed by atoms with Gasteiger partial charge in [-0.2, -0.15) is 5.01 Å². The lowest BCUT2D eigenvalue weighted by Crippen LogP contribution is -2.45. The highest BCUT2D eigenvalue weighted by Gasteiger charge is 2.36. The molecule has 4 amide bonds. The van der Waals surface area contributed by atoms with Crippen molar-refractivity contribution in [3.05, 3.63) is 65.2 Å². The molecule has 0 saturated heterocycles. The Labute approximate surface area is 156 Å². The van der Waals surface area contributed by atoms with Crippen LogP contribution in [-0.4, -0.2) is 28.6 Å². The summed E-state index contributed by atoms with van der Waals surface area (Å²) in [5, 5.41) is 3.46. The number of carbonyl (C=O) groups is 4. The van der Waals surface area contributed by atoms with Gasteiger partial charge < -0.3 is 5.32 Å². The average Bonchev–Trinajstić information content (AvgIpc) is 2.87. The van der Waals surface area contributed by atoms with E-state index in [0.29, 0.717) is 17.1 Å². The van der Waals surface area contributed by atoms with Gasteiger partial charge in [-0.05, 0) is 42.3 Å². The molecule has 2 aromatic carbocycles. The second-order valence-electron chi connectivity index (χ2n) is 6.66. The van der Waals surface area contributed by atoms with E-state index in [2.05, 4.69) is 10.7 Å². The Morgan fingerprint density at radius 1 is 0.926 bits per heavy atom. The van der Waals surface area contributed by atoms with Gasteiger partial charge in [-0.1, -0.05) is 26.0 Å². The van der Waals surface area contributed by atoms with Crippen LogP contribution in [0.2, 0.25) is 0 Å². The second-order valence-corrected chi connectivity index (χ2v) is 6.66. The predicted octanol–water partition coefficient (Wildman–Crippen LogP) is 2.61. The molecular weight excluding hydrogens is 346 g/mol. The van der Waals surface area contributed by atoms with Gasteiger partial charge >= 0.3 is 0 Å². The van der Waals surface area contributed by atoms with Gasteiger partial charge in [-0.15, -0.1) is 0 Å². The van der Waals surface area contributed by atoms with Crippen LogP contribution in [0.1, 0.15) is 51.3 Å². The second kappa shape index (κ2) is 7.41. The molecular formula is C20H19N3O4. The molecule has 0 aromatic heterocycles. The summed E-state index contributed by atoms with van der Waals surface area (Å²) in [5.74, 6) is -1.59. The standard InChI is InChI=1S/C20H19N3O4/c1-12(2)11-17(24)21-14-9-7-13(8-10-14)18(25)22-23-19(26)15-5-3-4-6-16(15)20(23)27/h3-10,12H,11H2,1-2H3,(H,21,24)(H,22,25). The summed E-state index contributed by atoms with van der Waals surface area (Å²) in [6.07, 6.45) is 0.405. The largest absolute Gasteiger partial charge is 0.326 e. The fourth-order valence-corrected chi connectivity index (χ4v) is 2.74. The van der Waals surface area contributed by atoms with Crippen molar-refractivity contribution in [3.63, 3.8) is 0 Å². The molecule has 2 aromatic rings. The molecule has 0 bridgehead atoms. The highest BCUT2D eigenvalue weighted by Crippen LogP contribution is 2.21. The van der Waals surface area contributed by atoms with Gasteiger partial charge in [0.1, 0.15) is 0 Å². The van der Waals surface area contributed by atoms with E-state index in [1.54, 1.807) is 24.3 Å². The lowest BCUT2D eigenvalue weighted by molar-refractivity contribution is -0.116. The number of anilines is 1. The zero-order valence-electron chi connectivity index (χ0n) is 15.0. The number of benzene rings is 2. The summed E-state index contributed by atoms with van der Waals surface area (Å²) in [7, 11) is 0. The molecule has 0 radical (unpaired) electrons. The Morgan fingerprint density at radius 2 is 1.48 bits per heavy atom. The number of hydrogen-bond acceptors (Lipinski definition) is 4. The quantitative estimate of drug-likeness (QED) is 0.796. The molecule has 138 valence electrons. The smallest absolute Gasteiger partial charge is 0.280 e. The number of fused-ring (bicyclic) bond motifs is 1. The average molecular weight is 365 g/mol. The van der Waals surface area contributed by atoms with Crippen LogP contribution in [0.4, 0.5) is 5.69 Å². The van der Waals surface area contributed by atoms with Gasteiger partial charge in [0, 0.05) is 17.7 Å². The van der Waals surface area contributed by atoms with Crippen LogP contribution < -0.4 is 10.7 Å². The van der Waals surface area contributed by atoms with Gasteiger partial charge in [0.25, 0.3) is 17.7 Å². The van der Waals surface area contributed by atoms with E-state index in [1.807, 2.05) is 13.8 Å². The van der Waals surface area contributed by atoms with E-state index in [1.165, 1.54) is 24.3 Å². The number of imide groups is 1. The molecule has 7 heteroatoms. The minimum Gasteiger partial charge on any atom is -0.326 e. The first-order chi connectivity index (χ1) is 12.9. The number of nitrogens with one attached hydrogen (secondary N) is 2. The third-order valence-corrected chi connectivity index (χ3v) is 4.03. The van der Waals surface area contributed by atoms with Crippen LogP contribution in [0.3, 0.4) is 0 Å². The highest BCUT2D eigenvalue weighted by atomic mass is 16.2. The zero-order chi connectivity index (χ0) is 19.6. The van der Waals surface area contributed by atoms with Crippen molar-refractivity contribution in [1.82, 2.24) is 10.4 Å². The van der Waals surface area contributed by atoms with E-state index >= 15 is 0 Å². The fraction of sp³-hybridized carbons (Fsp3) is 0.200. The summed E-state index contributed by atoms with van der Waals surface area (Å²) in [4.78, 5) is 48.7. The molecule has 1 aliphatic heterocycles. The lowest BCUT2D eigenvalue weighted by atomic mass is 10.1. The van der Waals surface area contributed by atoms with Crippen LogP contribution in [-0.2, 0) is 4.79 Å². The molecule has 0 spiro atoms. The number of hydrogen-bond donors (Lipinski definition) is 2. The molecule has 0 saturated carbocycles. The van der Waals surface area contributed by atoms with Gasteiger partial charge in [0.15, 0.2) is 0 Å². The number of carbonyl (C=O) groups excluding carboxylic acids is 4. The van der Waals surface area contributed by atoms with E-state index < -0.39 is 17.7 Å². The van der Waals surface area contributed by atoms with Crippen molar-refractivity contribution in [2.24, 2.45) is 5.92 Å². The summed E-state index contributed by atoms with van der Waals surface area (Å²) >= 11 is 0. The predicted molar refractivity (Wildman–Crippen MR) is 98.9 cm³/mol. The van der Waals surface area contributed by atoms with Gasteiger partial charge in [-0.25, -0.2) is 0 Å². The van der Waals surface area contributed by atoms with Gasteiger partial charge in [0.05, 0.1) is 11.1 Å². The maximum Gasteiger partial charge on any atom is 0.280 e. The first-order valence-corrected chi connectivity index (χ1v) is 8.55. The van der Waals surface area contributed by atoms with Crippen molar-refractivity contribution in [3.8, 4) is 0 Å².